The molecule has 0 N–H and O–H groups in total. The van der Waals surface area contributed by atoms with Gasteiger partial charge >= 0.3 is 0 Å². The van der Waals surface area contributed by atoms with Gasteiger partial charge in [0.05, 0.1) is 6.26 Å². The van der Waals surface area contributed by atoms with Gasteiger partial charge in [0.25, 0.3) is 0 Å². The Bertz CT molecular complexity index is 508. The number of Topliss-reactive ketones (excluding diaryl/α,β-unsaturated/α-hetero) is 1. The second-order valence-corrected chi connectivity index (χ2v) is 3.74. The number of aryl methyl sites for hydroxylation is 1. The van der Waals surface area contributed by atoms with Gasteiger partial charge in [-0.25, -0.2) is 0 Å². The predicted molar refractivity (Wildman–Crippen MR) is 53.5 cm³/mol. The van der Waals surface area contributed by atoms with Crippen molar-refractivity contribution in [1.29, 1.82) is 0 Å². The number of hydrogen-bond donors (Lipinski definition) is 0. The summed E-state index contributed by atoms with van der Waals surface area (Å²) in [6, 6.07) is 5.89. The molecule has 2 nitrogen and oxygen atoms in total. The molecular formula is C12H10O2. The number of rotatable bonds is 0. The molecule has 0 fully saturated rings. The standard InChI is InChI=1S/C12H10O2/c13-11-3-1-2-8-6-9-4-5-14-12(9)7-10(8)11/h4-7H,1-3H2. The third-order valence-corrected chi connectivity index (χ3v) is 2.83. The average Bonchev–Trinajstić information content (AvgIpc) is 2.62. The number of ketones is 1. The maximum Gasteiger partial charge on any atom is 0.163 e. The summed E-state index contributed by atoms with van der Waals surface area (Å²) < 4.78 is 5.28. The average molecular weight is 186 g/mol. The zero-order valence-corrected chi connectivity index (χ0v) is 7.75. The first kappa shape index (κ1) is 7.80. The number of furan rings is 1. The third kappa shape index (κ3) is 1.00. The van der Waals surface area contributed by atoms with Gasteiger partial charge in [-0.15, -0.1) is 0 Å². The number of carbonyl (C=O) groups excluding carboxylic acids is 1. The molecule has 1 aliphatic rings. The molecule has 1 aromatic heterocycles. The predicted octanol–water partition coefficient (Wildman–Crippen LogP) is 2.95. The van der Waals surface area contributed by atoms with Crippen LogP contribution in [0.3, 0.4) is 0 Å². The molecule has 0 spiro atoms. The molecule has 3 rings (SSSR count). The van der Waals surface area contributed by atoms with Gasteiger partial charge in [-0.05, 0) is 36.6 Å². The Morgan fingerprint density at radius 1 is 1.21 bits per heavy atom. The van der Waals surface area contributed by atoms with Crippen LogP contribution in [-0.4, -0.2) is 5.78 Å². The maximum absolute atomic E-state index is 11.6. The monoisotopic (exact) mass is 186 g/mol. The van der Waals surface area contributed by atoms with Crippen molar-refractivity contribution in [2.45, 2.75) is 19.3 Å². The molecule has 14 heavy (non-hydrogen) atoms. The molecule has 1 aliphatic carbocycles. The lowest BCUT2D eigenvalue weighted by atomic mass is 9.90. The Morgan fingerprint density at radius 3 is 3.07 bits per heavy atom. The fraction of sp³-hybridized carbons (Fsp3) is 0.250. The molecule has 1 aromatic carbocycles. The highest BCUT2D eigenvalue weighted by Gasteiger charge is 2.18. The van der Waals surface area contributed by atoms with Crippen LogP contribution in [0.4, 0.5) is 0 Å². The molecule has 0 bridgehead atoms. The van der Waals surface area contributed by atoms with Crippen molar-refractivity contribution in [2.75, 3.05) is 0 Å². The summed E-state index contributed by atoms with van der Waals surface area (Å²) in [7, 11) is 0. The van der Waals surface area contributed by atoms with E-state index in [1.165, 1.54) is 5.56 Å². The Morgan fingerprint density at radius 2 is 2.14 bits per heavy atom. The van der Waals surface area contributed by atoms with Crippen LogP contribution in [0, 0.1) is 0 Å². The third-order valence-electron chi connectivity index (χ3n) is 2.83. The fourth-order valence-electron chi connectivity index (χ4n) is 2.10. The SMILES string of the molecule is O=C1CCCc2cc3ccoc3cc21. The highest BCUT2D eigenvalue weighted by atomic mass is 16.3. The molecule has 0 saturated carbocycles. The van der Waals surface area contributed by atoms with E-state index in [9.17, 15) is 4.79 Å². The van der Waals surface area contributed by atoms with E-state index < -0.39 is 0 Å². The number of fused-ring (bicyclic) bond motifs is 2. The summed E-state index contributed by atoms with van der Waals surface area (Å²) in [6.07, 6.45) is 4.34. The lowest BCUT2D eigenvalue weighted by molar-refractivity contribution is 0.0972. The Kier molecular flexibility index (Phi) is 1.51. The van der Waals surface area contributed by atoms with Gasteiger partial charge in [-0.2, -0.15) is 0 Å². The minimum Gasteiger partial charge on any atom is -0.464 e. The number of hydrogen-bond acceptors (Lipinski definition) is 2. The summed E-state index contributed by atoms with van der Waals surface area (Å²) in [5, 5.41) is 1.10. The van der Waals surface area contributed by atoms with Gasteiger partial charge in [-0.1, -0.05) is 0 Å². The number of carbonyl (C=O) groups is 1. The minimum absolute atomic E-state index is 0.254. The van der Waals surface area contributed by atoms with Crippen LogP contribution in [0.25, 0.3) is 11.0 Å². The van der Waals surface area contributed by atoms with Gasteiger partial charge < -0.3 is 4.42 Å². The smallest absolute Gasteiger partial charge is 0.163 e. The molecule has 0 radical (unpaired) electrons. The normalized spacial score (nSPS) is 15.9. The van der Waals surface area contributed by atoms with Crippen molar-refractivity contribution in [3.63, 3.8) is 0 Å². The van der Waals surface area contributed by atoms with Crippen molar-refractivity contribution < 1.29 is 9.21 Å². The summed E-state index contributed by atoms with van der Waals surface area (Å²) in [5.74, 6) is 0.254. The van der Waals surface area contributed by atoms with E-state index in [-0.39, 0.29) is 5.78 Å². The molecule has 70 valence electrons. The van der Waals surface area contributed by atoms with Gasteiger partial charge in [0, 0.05) is 17.4 Å². The number of benzene rings is 1. The van der Waals surface area contributed by atoms with E-state index in [2.05, 4.69) is 6.07 Å². The second kappa shape index (κ2) is 2.71. The zero-order chi connectivity index (χ0) is 9.54. The van der Waals surface area contributed by atoms with Crippen LogP contribution in [0.5, 0.6) is 0 Å². The molecular weight excluding hydrogens is 176 g/mol. The fourth-order valence-corrected chi connectivity index (χ4v) is 2.10. The molecule has 0 atom stereocenters. The highest BCUT2D eigenvalue weighted by molar-refractivity contribution is 6.01. The Labute approximate surface area is 81.5 Å². The van der Waals surface area contributed by atoms with Gasteiger partial charge in [-0.3, -0.25) is 4.79 Å². The van der Waals surface area contributed by atoms with Crippen LogP contribution in [0.1, 0.15) is 28.8 Å². The first-order valence-electron chi connectivity index (χ1n) is 4.88. The van der Waals surface area contributed by atoms with Crippen LogP contribution in [0.15, 0.2) is 28.9 Å². The summed E-state index contributed by atoms with van der Waals surface area (Å²) in [5.41, 5.74) is 2.85. The van der Waals surface area contributed by atoms with E-state index in [1.54, 1.807) is 6.26 Å². The van der Waals surface area contributed by atoms with Crippen LogP contribution in [-0.2, 0) is 6.42 Å². The van der Waals surface area contributed by atoms with Gasteiger partial charge in [0.15, 0.2) is 5.78 Å². The molecule has 0 unspecified atom stereocenters. The molecule has 2 aromatic rings. The Balaban J connectivity index is 2.32. The first-order valence-corrected chi connectivity index (χ1v) is 4.88. The lowest BCUT2D eigenvalue weighted by Crippen LogP contribution is -2.10. The van der Waals surface area contributed by atoms with Crippen molar-refractivity contribution in [3.05, 3.63) is 35.6 Å². The molecule has 2 heteroatoms. The van der Waals surface area contributed by atoms with Gasteiger partial charge in [0.2, 0.25) is 0 Å². The van der Waals surface area contributed by atoms with Crippen molar-refractivity contribution >= 4 is 16.8 Å². The van der Waals surface area contributed by atoms with Crippen LogP contribution >= 0.6 is 0 Å². The van der Waals surface area contributed by atoms with E-state index in [0.29, 0.717) is 6.42 Å². The quantitative estimate of drug-likeness (QED) is 0.633. The minimum atomic E-state index is 0.254. The molecule has 1 heterocycles. The van der Waals surface area contributed by atoms with E-state index in [0.717, 1.165) is 29.4 Å². The van der Waals surface area contributed by atoms with Crippen molar-refractivity contribution in [1.82, 2.24) is 0 Å². The summed E-state index contributed by atoms with van der Waals surface area (Å²) in [6.45, 7) is 0. The first-order chi connectivity index (χ1) is 6.84. The van der Waals surface area contributed by atoms with E-state index >= 15 is 0 Å². The summed E-state index contributed by atoms with van der Waals surface area (Å²) >= 11 is 0. The van der Waals surface area contributed by atoms with E-state index in [4.69, 9.17) is 4.42 Å². The Hall–Kier alpha value is -1.57. The van der Waals surface area contributed by atoms with Gasteiger partial charge in [0.1, 0.15) is 5.58 Å². The lowest BCUT2D eigenvalue weighted by Gasteiger charge is -2.13. The second-order valence-electron chi connectivity index (χ2n) is 3.74. The van der Waals surface area contributed by atoms with E-state index in [1.807, 2.05) is 12.1 Å². The largest absolute Gasteiger partial charge is 0.464 e. The maximum atomic E-state index is 11.6. The molecule has 0 aliphatic heterocycles. The van der Waals surface area contributed by atoms with Crippen LogP contribution < -0.4 is 0 Å². The topological polar surface area (TPSA) is 30.2 Å². The summed E-state index contributed by atoms with van der Waals surface area (Å²) in [4.78, 5) is 11.6. The molecule has 0 amide bonds. The van der Waals surface area contributed by atoms with Crippen LogP contribution in [0.2, 0.25) is 0 Å². The molecule has 0 saturated heterocycles. The van der Waals surface area contributed by atoms with Crippen molar-refractivity contribution in [3.8, 4) is 0 Å². The zero-order valence-electron chi connectivity index (χ0n) is 7.75. The highest BCUT2D eigenvalue weighted by Crippen LogP contribution is 2.26. The van der Waals surface area contributed by atoms with Crippen molar-refractivity contribution in [2.24, 2.45) is 0 Å².